The Morgan fingerprint density at radius 1 is 1.41 bits per heavy atom. The molecule has 0 saturated heterocycles. The number of amides is 2. The van der Waals surface area contributed by atoms with E-state index in [-0.39, 0.29) is 11.6 Å². The van der Waals surface area contributed by atoms with E-state index in [1.807, 2.05) is 20.8 Å². The molecule has 3 N–H and O–H groups in total. The highest BCUT2D eigenvalue weighted by atomic mass is 16.2. The Morgan fingerprint density at radius 3 is 2.88 bits per heavy atom. The fourth-order valence-electron chi connectivity index (χ4n) is 1.38. The number of carbonyl (C=O) groups excluding carboxylic acids is 1. The van der Waals surface area contributed by atoms with Gasteiger partial charge in [-0.1, -0.05) is 0 Å². The molecule has 0 unspecified atom stereocenters. The maximum atomic E-state index is 11.6. The molecule has 6 nitrogen and oxygen atoms in total. The van der Waals surface area contributed by atoms with Crippen molar-refractivity contribution >= 4 is 23.0 Å². The van der Waals surface area contributed by atoms with Crippen molar-refractivity contribution in [2.24, 2.45) is 0 Å². The number of hydrogen-bond acceptors (Lipinski definition) is 3. The first kappa shape index (κ1) is 11.4. The van der Waals surface area contributed by atoms with Crippen LogP contribution in [-0.2, 0) is 0 Å². The third-order valence-electron chi connectivity index (χ3n) is 1.99. The van der Waals surface area contributed by atoms with E-state index < -0.39 is 0 Å². The van der Waals surface area contributed by atoms with Gasteiger partial charge in [0.2, 0.25) is 0 Å². The summed E-state index contributed by atoms with van der Waals surface area (Å²) in [5.41, 5.74) is 1.14. The first-order valence-electron chi connectivity index (χ1n) is 5.33. The Morgan fingerprint density at radius 2 is 2.18 bits per heavy atom. The van der Waals surface area contributed by atoms with E-state index >= 15 is 0 Å². The molecule has 2 aromatic heterocycles. The van der Waals surface area contributed by atoms with Crippen LogP contribution >= 0.6 is 0 Å². The van der Waals surface area contributed by atoms with E-state index in [0.29, 0.717) is 11.5 Å². The van der Waals surface area contributed by atoms with Gasteiger partial charge in [0.15, 0.2) is 11.5 Å². The van der Waals surface area contributed by atoms with Crippen LogP contribution in [0.25, 0.3) is 11.2 Å². The topological polar surface area (TPSA) is 82.7 Å². The molecule has 0 aromatic carbocycles. The molecule has 17 heavy (non-hydrogen) atoms. The highest BCUT2D eigenvalue weighted by Crippen LogP contribution is 2.10. The van der Waals surface area contributed by atoms with Crippen LogP contribution in [0.5, 0.6) is 0 Å². The van der Waals surface area contributed by atoms with Crippen LogP contribution in [-0.4, -0.2) is 26.5 Å². The van der Waals surface area contributed by atoms with Crippen LogP contribution < -0.4 is 10.6 Å². The maximum Gasteiger partial charge on any atom is 0.320 e. The van der Waals surface area contributed by atoms with Crippen molar-refractivity contribution in [2.45, 2.75) is 26.3 Å². The first-order valence-corrected chi connectivity index (χ1v) is 5.33. The summed E-state index contributed by atoms with van der Waals surface area (Å²) in [6.45, 7) is 5.73. The molecule has 0 radical (unpaired) electrons. The Hall–Kier alpha value is -2.11. The number of urea groups is 1. The van der Waals surface area contributed by atoms with Crippen LogP contribution in [0.1, 0.15) is 20.8 Å². The molecule has 0 saturated carbocycles. The van der Waals surface area contributed by atoms with E-state index in [2.05, 4.69) is 25.6 Å². The highest BCUT2D eigenvalue weighted by Gasteiger charge is 2.14. The second-order valence-electron chi connectivity index (χ2n) is 4.80. The van der Waals surface area contributed by atoms with Gasteiger partial charge >= 0.3 is 6.03 Å². The van der Waals surface area contributed by atoms with Crippen LogP contribution in [0.4, 0.5) is 10.6 Å². The van der Waals surface area contributed by atoms with Gasteiger partial charge in [0.1, 0.15) is 5.52 Å². The second kappa shape index (κ2) is 4.04. The zero-order valence-electron chi connectivity index (χ0n) is 10.0. The van der Waals surface area contributed by atoms with Gasteiger partial charge in [0, 0.05) is 11.7 Å². The number of anilines is 1. The van der Waals surface area contributed by atoms with Gasteiger partial charge in [-0.3, -0.25) is 5.32 Å². The minimum atomic E-state index is -0.290. The van der Waals surface area contributed by atoms with Crippen LogP contribution in [0.2, 0.25) is 0 Å². The number of aromatic amines is 1. The van der Waals surface area contributed by atoms with E-state index in [9.17, 15) is 4.79 Å². The number of carbonyl (C=O) groups is 1. The molecular weight excluding hydrogens is 218 g/mol. The summed E-state index contributed by atoms with van der Waals surface area (Å²) in [6, 6.07) is 1.51. The normalized spacial score (nSPS) is 11.5. The van der Waals surface area contributed by atoms with E-state index in [4.69, 9.17) is 0 Å². The van der Waals surface area contributed by atoms with Crippen molar-refractivity contribution < 1.29 is 4.79 Å². The third-order valence-corrected chi connectivity index (χ3v) is 1.99. The summed E-state index contributed by atoms with van der Waals surface area (Å²) in [6.07, 6.45) is 3.27. The molecule has 0 aliphatic carbocycles. The summed E-state index contributed by atoms with van der Waals surface area (Å²) >= 11 is 0. The Balaban J connectivity index is 2.10. The first-order chi connectivity index (χ1) is 7.94. The van der Waals surface area contributed by atoms with Crippen molar-refractivity contribution in [2.75, 3.05) is 5.32 Å². The van der Waals surface area contributed by atoms with Gasteiger partial charge < -0.3 is 10.3 Å². The number of hydrogen-bond donors (Lipinski definition) is 3. The van der Waals surface area contributed by atoms with E-state index in [1.165, 1.54) is 6.20 Å². The number of nitrogens with zero attached hydrogens (tertiary/aromatic N) is 2. The van der Waals surface area contributed by atoms with Gasteiger partial charge in [-0.15, -0.1) is 0 Å². The Labute approximate surface area is 98.8 Å². The van der Waals surface area contributed by atoms with Crippen molar-refractivity contribution in [3.8, 4) is 0 Å². The number of rotatable bonds is 1. The highest BCUT2D eigenvalue weighted by molar-refractivity contribution is 5.89. The predicted octanol–water partition coefficient (Wildman–Crippen LogP) is 1.88. The number of fused-ring (bicyclic) bond motifs is 1. The standard InChI is InChI=1S/C11H15N5O/c1-11(2,3)16-10(17)15-8-6-13-9-7(14-8)4-5-12-9/h4-6H,1-3H3,(H,12,13)(H2,14,15,16,17). The molecule has 0 aliphatic rings. The van der Waals surface area contributed by atoms with Gasteiger partial charge in [0.25, 0.3) is 0 Å². The summed E-state index contributed by atoms with van der Waals surface area (Å²) in [4.78, 5) is 22.9. The SMILES string of the molecule is CC(C)(C)NC(=O)Nc1cnc2[nH]ccc2n1. The van der Waals surface area contributed by atoms with Crippen LogP contribution in [0, 0.1) is 0 Å². The molecule has 90 valence electrons. The fraction of sp³-hybridized carbons (Fsp3) is 0.364. The van der Waals surface area contributed by atoms with Gasteiger partial charge in [-0.2, -0.15) is 0 Å². The zero-order chi connectivity index (χ0) is 12.5. The van der Waals surface area contributed by atoms with Gasteiger partial charge in [-0.05, 0) is 26.8 Å². The molecule has 0 atom stereocenters. The quantitative estimate of drug-likeness (QED) is 0.703. The molecule has 2 aromatic rings. The largest absolute Gasteiger partial charge is 0.345 e. The van der Waals surface area contributed by atoms with Crippen LogP contribution in [0.15, 0.2) is 18.5 Å². The Bertz CT molecular complexity index is 540. The minimum absolute atomic E-state index is 0.282. The van der Waals surface area contributed by atoms with E-state index in [1.54, 1.807) is 12.3 Å². The molecular formula is C11H15N5O. The minimum Gasteiger partial charge on any atom is -0.345 e. The molecule has 0 spiro atoms. The lowest BCUT2D eigenvalue weighted by molar-refractivity contribution is 0.243. The smallest absolute Gasteiger partial charge is 0.320 e. The summed E-state index contributed by atoms with van der Waals surface area (Å²) in [7, 11) is 0. The molecule has 2 rings (SSSR count). The third kappa shape index (κ3) is 2.93. The lowest BCUT2D eigenvalue weighted by Gasteiger charge is -2.20. The van der Waals surface area contributed by atoms with Gasteiger partial charge in [-0.25, -0.2) is 14.8 Å². The van der Waals surface area contributed by atoms with Crippen molar-refractivity contribution in [1.29, 1.82) is 0 Å². The number of aromatic nitrogens is 3. The van der Waals surface area contributed by atoms with Crippen molar-refractivity contribution in [3.05, 3.63) is 18.5 Å². The van der Waals surface area contributed by atoms with E-state index in [0.717, 1.165) is 5.52 Å². The maximum absolute atomic E-state index is 11.6. The summed E-state index contributed by atoms with van der Waals surface area (Å²) in [5, 5.41) is 5.43. The lowest BCUT2D eigenvalue weighted by atomic mass is 10.1. The predicted molar refractivity (Wildman–Crippen MR) is 65.8 cm³/mol. The second-order valence-corrected chi connectivity index (χ2v) is 4.80. The van der Waals surface area contributed by atoms with Crippen molar-refractivity contribution in [1.82, 2.24) is 20.3 Å². The van der Waals surface area contributed by atoms with Crippen molar-refractivity contribution in [3.63, 3.8) is 0 Å². The monoisotopic (exact) mass is 233 g/mol. The summed E-state index contributed by atoms with van der Waals surface area (Å²) < 4.78 is 0. The Kier molecular flexibility index (Phi) is 2.71. The molecule has 0 aliphatic heterocycles. The molecule has 2 heterocycles. The molecule has 0 fully saturated rings. The van der Waals surface area contributed by atoms with Crippen LogP contribution in [0.3, 0.4) is 0 Å². The zero-order valence-corrected chi connectivity index (χ0v) is 10.0. The van der Waals surface area contributed by atoms with Gasteiger partial charge in [0.05, 0.1) is 6.20 Å². The summed E-state index contributed by atoms with van der Waals surface area (Å²) in [5.74, 6) is 0.429. The lowest BCUT2D eigenvalue weighted by Crippen LogP contribution is -2.43. The average Bonchev–Trinajstić information content (AvgIpc) is 2.61. The number of H-pyrrole nitrogens is 1. The molecule has 0 bridgehead atoms. The fourth-order valence-corrected chi connectivity index (χ4v) is 1.38. The average molecular weight is 233 g/mol. The number of nitrogens with one attached hydrogen (secondary N) is 3. The molecule has 6 heteroatoms. The molecule has 2 amide bonds.